The van der Waals surface area contributed by atoms with Crippen LogP contribution < -0.4 is 0 Å². The van der Waals surface area contributed by atoms with Gasteiger partial charge in [0.25, 0.3) is 0 Å². The van der Waals surface area contributed by atoms with Crippen LogP contribution in [0.1, 0.15) is 18.9 Å². The Labute approximate surface area is 113 Å². The van der Waals surface area contributed by atoms with Crippen LogP contribution in [0.15, 0.2) is 30.3 Å². The number of halogens is 1. The Morgan fingerprint density at radius 3 is 2.39 bits per heavy atom. The fraction of sp³-hybridized carbons (Fsp3) is 0.538. The first-order valence-electron chi connectivity index (χ1n) is 6.09. The number of hydrogen-bond acceptors (Lipinski definition) is 3. The molecule has 18 heavy (non-hydrogen) atoms. The maximum atomic E-state index is 12.4. The van der Waals surface area contributed by atoms with Gasteiger partial charge in [0.05, 0.1) is 19.4 Å². The van der Waals surface area contributed by atoms with Gasteiger partial charge >= 0.3 is 7.60 Å². The highest BCUT2D eigenvalue weighted by atomic mass is 35.5. The molecule has 0 unspecified atom stereocenters. The normalized spacial score (nSPS) is 32.3. The van der Waals surface area contributed by atoms with Gasteiger partial charge in [0.2, 0.25) is 0 Å². The molecule has 1 fully saturated rings. The fourth-order valence-corrected chi connectivity index (χ4v) is 4.02. The number of hydrogen-bond donors (Lipinski definition) is 0. The van der Waals surface area contributed by atoms with Crippen molar-refractivity contribution < 1.29 is 13.6 Å². The predicted molar refractivity (Wildman–Crippen MR) is 73.1 cm³/mol. The molecule has 1 aliphatic heterocycles. The van der Waals surface area contributed by atoms with Crippen LogP contribution in [0.4, 0.5) is 0 Å². The van der Waals surface area contributed by atoms with E-state index in [0.29, 0.717) is 25.3 Å². The molecule has 1 heterocycles. The molecule has 1 aromatic rings. The fourth-order valence-electron chi connectivity index (χ4n) is 1.82. The lowest BCUT2D eigenvalue weighted by Crippen LogP contribution is -2.36. The summed E-state index contributed by atoms with van der Waals surface area (Å²) in [5.41, 5.74) is 0.780. The SMILES string of the molecule is CCC1(CCl)COP(=O)(Cc2ccccc2)OC1. The standard InChI is InChI=1S/C13H18ClO3P/c1-2-13(9-14)10-16-18(15,17-11-13)8-12-6-4-3-5-7-12/h3-7H,2,8-11H2,1H3. The van der Waals surface area contributed by atoms with Crippen LogP contribution in [0.2, 0.25) is 0 Å². The molecule has 0 aromatic heterocycles. The lowest BCUT2D eigenvalue weighted by atomic mass is 9.90. The second-order valence-electron chi connectivity index (χ2n) is 4.79. The summed E-state index contributed by atoms with van der Waals surface area (Å²) < 4.78 is 23.5. The van der Waals surface area contributed by atoms with Gasteiger partial charge in [0.15, 0.2) is 0 Å². The van der Waals surface area contributed by atoms with Crippen LogP contribution in [0, 0.1) is 5.41 Å². The zero-order chi connectivity index (χ0) is 13.1. The van der Waals surface area contributed by atoms with Crippen LogP contribution in [0.5, 0.6) is 0 Å². The van der Waals surface area contributed by atoms with Crippen molar-refractivity contribution in [3.05, 3.63) is 35.9 Å². The van der Waals surface area contributed by atoms with Crippen molar-refractivity contribution in [1.29, 1.82) is 0 Å². The molecular formula is C13H18ClO3P. The highest BCUT2D eigenvalue weighted by molar-refractivity contribution is 7.53. The Morgan fingerprint density at radius 1 is 1.28 bits per heavy atom. The summed E-state index contributed by atoms with van der Waals surface area (Å²) in [4.78, 5) is 0. The summed E-state index contributed by atoms with van der Waals surface area (Å²) in [6.45, 7) is 2.87. The van der Waals surface area contributed by atoms with Crippen molar-refractivity contribution >= 4 is 19.2 Å². The van der Waals surface area contributed by atoms with E-state index >= 15 is 0 Å². The second-order valence-corrected chi connectivity index (χ2v) is 7.11. The Bertz CT molecular complexity index is 417. The van der Waals surface area contributed by atoms with Crippen molar-refractivity contribution in [3.63, 3.8) is 0 Å². The maximum Gasteiger partial charge on any atom is 0.335 e. The molecule has 5 heteroatoms. The number of rotatable bonds is 4. The van der Waals surface area contributed by atoms with Crippen LogP contribution in [0.25, 0.3) is 0 Å². The lowest BCUT2D eigenvalue weighted by Gasteiger charge is -2.37. The summed E-state index contributed by atoms with van der Waals surface area (Å²) in [5, 5.41) is 0. The summed E-state index contributed by atoms with van der Waals surface area (Å²) in [5.74, 6) is 0.467. The van der Waals surface area contributed by atoms with Gasteiger partial charge in [-0.2, -0.15) is 0 Å². The molecule has 3 nitrogen and oxygen atoms in total. The second kappa shape index (κ2) is 5.75. The Kier molecular flexibility index (Phi) is 4.50. The Balaban J connectivity index is 2.02. The summed E-state index contributed by atoms with van der Waals surface area (Å²) >= 11 is 5.94. The Hall–Kier alpha value is -0.340. The van der Waals surface area contributed by atoms with Crippen molar-refractivity contribution in [3.8, 4) is 0 Å². The monoisotopic (exact) mass is 288 g/mol. The minimum atomic E-state index is -3.00. The molecule has 0 spiro atoms. The largest absolute Gasteiger partial charge is 0.335 e. The average molecular weight is 289 g/mol. The van der Waals surface area contributed by atoms with Crippen molar-refractivity contribution in [1.82, 2.24) is 0 Å². The summed E-state index contributed by atoms with van der Waals surface area (Å²) in [7, 11) is -3.00. The van der Waals surface area contributed by atoms with E-state index in [1.165, 1.54) is 0 Å². The van der Waals surface area contributed by atoms with Crippen LogP contribution in [-0.4, -0.2) is 19.1 Å². The van der Waals surface area contributed by atoms with E-state index in [1.54, 1.807) is 0 Å². The zero-order valence-corrected chi connectivity index (χ0v) is 12.1. The third kappa shape index (κ3) is 3.16. The molecule has 0 N–H and O–H groups in total. The molecule has 100 valence electrons. The van der Waals surface area contributed by atoms with Gasteiger partial charge in [-0.15, -0.1) is 11.6 Å². The van der Waals surface area contributed by atoms with Crippen LogP contribution in [0.3, 0.4) is 0 Å². The minimum Gasteiger partial charge on any atom is -0.308 e. The van der Waals surface area contributed by atoms with Crippen molar-refractivity contribution in [2.75, 3.05) is 19.1 Å². The molecule has 0 aliphatic carbocycles. The maximum absolute atomic E-state index is 12.4. The molecule has 0 saturated carbocycles. The van der Waals surface area contributed by atoms with Gasteiger partial charge in [-0.25, -0.2) is 0 Å². The van der Waals surface area contributed by atoms with E-state index in [-0.39, 0.29) is 5.41 Å². The molecular weight excluding hydrogens is 271 g/mol. The quantitative estimate of drug-likeness (QED) is 0.619. The van der Waals surface area contributed by atoms with Gasteiger partial charge in [-0.05, 0) is 12.0 Å². The van der Waals surface area contributed by atoms with E-state index in [1.807, 2.05) is 37.3 Å². The van der Waals surface area contributed by atoms with Gasteiger partial charge in [-0.3, -0.25) is 4.57 Å². The molecule has 0 bridgehead atoms. The lowest BCUT2D eigenvalue weighted by molar-refractivity contribution is 0.0287. The molecule has 1 aromatic carbocycles. The first-order chi connectivity index (χ1) is 8.61. The van der Waals surface area contributed by atoms with E-state index in [2.05, 4.69) is 0 Å². The summed E-state index contributed by atoms with van der Waals surface area (Å²) in [6.07, 6.45) is 1.19. The highest BCUT2D eigenvalue weighted by Crippen LogP contribution is 2.56. The molecule has 0 atom stereocenters. The molecule has 1 saturated heterocycles. The van der Waals surface area contributed by atoms with Gasteiger partial charge in [0, 0.05) is 11.3 Å². The molecule has 2 rings (SSSR count). The third-order valence-corrected chi connectivity index (χ3v) is 5.75. The topological polar surface area (TPSA) is 35.5 Å². The van der Waals surface area contributed by atoms with Crippen LogP contribution >= 0.6 is 19.2 Å². The molecule has 0 amide bonds. The average Bonchev–Trinajstić information content (AvgIpc) is 2.41. The smallest absolute Gasteiger partial charge is 0.308 e. The van der Waals surface area contributed by atoms with Crippen LogP contribution in [-0.2, 0) is 19.8 Å². The first-order valence-corrected chi connectivity index (χ1v) is 8.36. The molecule has 0 radical (unpaired) electrons. The number of alkyl halides is 1. The van der Waals surface area contributed by atoms with E-state index in [9.17, 15) is 4.57 Å². The van der Waals surface area contributed by atoms with Crippen molar-refractivity contribution in [2.24, 2.45) is 5.41 Å². The van der Waals surface area contributed by atoms with Gasteiger partial charge in [0.1, 0.15) is 0 Å². The third-order valence-electron chi connectivity index (χ3n) is 3.39. The Morgan fingerprint density at radius 2 is 1.89 bits per heavy atom. The van der Waals surface area contributed by atoms with E-state index in [4.69, 9.17) is 20.6 Å². The zero-order valence-electron chi connectivity index (χ0n) is 10.5. The van der Waals surface area contributed by atoms with Gasteiger partial charge < -0.3 is 9.05 Å². The summed E-state index contributed by atoms with van der Waals surface area (Å²) in [6, 6.07) is 9.61. The van der Waals surface area contributed by atoms with Gasteiger partial charge in [-0.1, -0.05) is 37.3 Å². The van der Waals surface area contributed by atoms with Crippen molar-refractivity contribution in [2.45, 2.75) is 19.5 Å². The first kappa shape index (κ1) is 14.1. The molecule has 1 aliphatic rings. The highest BCUT2D eigenvalue weighted by Gasteiger charge is 2.40. The predicted octanol–water partition coefficient (Wildman–Crippen LogP) is 4.06. The number of benzene rings is 1. The minimum absolute atomic E-state index is 0.188. The van der Waals surface area contributed by atoms with E-state index < -0.39 is 7.60 Å². The van der Waals surface area contributed by atoms with E-state index in [0.717, 1.165) is 12.0 Å².